The van der Waals surface area contributed by atoms with Gasteiger partial charge in [-0.1, -0.05) is 103 Å². The third-order valence-corrected chi connectivity index (χ3v) is 6.29. The molecular weight excluding hydrogens is 432 g/mol. The number of carbonyl (C=O) groups excluding carboxylic acids is 1. The summed E-state index contributed by atoms with van der Waals surface area (Å²) in [7, 11) is 0. The molecule has 0 aliphatic rings. The first kappa shape index (κ1) is 27.7. The molecule has 0 radical (unpaired) electrons. The van der Waals surface area contributed by atoms with Crippen molar-refractivity contribution < 1.29 is 24.2 Å². The topological polar surface area (TPSA) is 97.0 Å². The van der Waals surface area contributed by atoms with Crippen LogP contribution in [0.5, 0.6) is 11.5 Å². The van der Waals surface area contributed by atoms with Crippen LogP contribution in [0.3, 0.4) is 0 Å². The van der Waals surface area contributed by atoms with Gasteiger partial charge in [-0.05, 0) is 6.42 Å². The third-order valence-electron chi connectivity index (χ3n) is 6.29. The van der Waals surface area contributed by atoms with Gasteiger partial charge in [0, 0.05) is 12.1 Å². The maximum atomic E-state index is 12.5. The maximum absolute atomic E-state index is 12.5. The quantitative estimate of drug-likeness (QED) is 0.170. The highest BCUT2D eigenvalue weighted by Crippen LogP contribution is 2.27. The molecule has 0 saturated heterocycles. The van der Waals surface area contributed by atoms with E-state index in [4.69, 9.17) is 9.15 Å². The fourth-order valence-electron chi connectivity index (χ4n) is 4.25. The lowest BCUT2D eigenvalue weighted by atomic mass is 10.0. The summed E-state index contributed by atoms with van der Waals surface area (Å²) in [5, 5.41) is 19.2. The van der Waals surface area contributed by atoms with Crippen LogP contribution in [0.2, 0.25) is 0 Å². The standard InChI is InChI=1S/C28H42O6/c1-2-3-4-5-6-7-8-9-10-11-12-13-14-15-16-17-18-33-28(32)23-21-34-25-20-22(29)19-24(30)26(25)27(23)31/h19-21,29-30H,2-18H2,1H3. The molecule has 0 atom stereocenters. The molecule has 2 aromatic rings. The van der Waals surface area contributed by atoms with Crippen LogP contribution >= 0.6 is 0 Å². The van der Waals surface area contributed by atoms with Crippen molar-refractivity contribution >= 4 is 16.9 Å². The molecule has 34 heavy (non-hydrogen) atoms. The first-order chi connectivity index (χ1) is 16.5. The molecule has 190 valence electrons. The summed E-state index contributed by atoms with van der Waals surface area (Å²) in [6, 6.07) is 2.24. The SMILES string of the molecule is CCCCCCCCCCCCCCCCCCOC(=O)c1coc2cc(O)cc(O)c2c1=O. The summed E-state index contributed by atoms with van der Waals surface area (Å²) in [5.74, 6) is -1.42. The highest BCUT2D eigenvalue weighted by Gasteiger charge is 2.18. The van der Waals surface area contributed by atoms with E-state index < -0.39 is 17.1 Å². The molecule has 0 amide bonds. The molecule has 1 aromatic heterocycles. The predicted octanol–water partition coefficient (Wildman–Crippen LogP) is 7.62. The molecule has 0 spiro atoms. The molecule has 0 fully saturated rings. The van der Waals surface area contributed by atoms with Crippen molar-refractivity contribution in [3.05, 3.63) is 34.2 Å². The van der Waals surface area contributed by atoms with Gasteiger partial charge in [0.2, 0.25) is 5.43 Å². The number of fused-ring (bicyclic) bond motifs is 1. The van der Waals surface area contributed by atoms with Crippen LogP contribution in [0, 0.1) is 0 Å². The normalized spacial score (nSPS) is 11.2. The number of phenols is 2. The predicted molar refractivity (Wildman–Crippen MR) is 136 cm³/mol. The number of benzene rings is 1. The monoisotopic (exact) mass is 474 g/mol. The van der Waals surface area contributed by atoms with Crippen molar-refractivity contribution in [1.82, 2.24) is 0 Å². The Hall–Kier alpha value is -2.50. The Morgan fingerprint density at radius 2 is 1.29 bits per heavy atom. The first-order valence-electron chi connectivity index (χ1n) is 13.2. The number of aromatic hydroxyl groups is 2. The number of phenolic OH excluding ortho intramolecular Hbond substituents is 2. The van der Waals surface area contributed by atoms with Gasteiger partial charge in [0.15, 0.2) is 0 Å². The van der Waals surface area contributed by atoms with Crippen LogP contribution in [0.25, 0.3) is 11.0 Å². The highest BCUT2D eigenvalue weighted by atomic mass is 16.5. The Bertz CT molecular complexity index is 917. The van der Waals surface area contributed by atoms with Gasteiger partial charge in [-0.15, -0.1) is 0 Å². The third kappa shape index (κ3) is 9.78. The minimum atomic E-state index is -0.760. The number of unbranched alkanes of at least 4 members (excludes halogenated alkanes) is 15. The summed E-state index contributed by atoms with van der Waals surface area (Å²) in [4.78, 5) is 24.7. The maximum Gasteiger partial charge on any atom is 0.345 e. The van der Waals surface area contributed by atoms with Crippen LogP contribution in [0.1, 0.15) is 120 Å². The largest absolute Gasteiger partial charge is 0.508 e. The van der Waals surface area contributed by atoms with Crippen LogP contribution in [0.15, 0.2) is 27.6 Å². The summed E-state index contributed by atoms with van der Waals surface area (Å²) < 4.78 is 10.4. The number of hydrogen-bond acceptors (Lipinski definition) is 6. The highest BCUT2D eigenvalue weighted by molar-refractivity contribution is 5.94. The number of esters is 1. The van der Waals surface area contributed by atoms with Crippen molar-refractivity contribution in [1.29, 1.82) is 0 Å². The average Bonchev–Trinajstić information content (AvgIpc) is 2.80. The minimum Gasteiger partial charge on any atom is -0.508 e. The van der Waals surface area contributed by atoms with Gasteiger partial charge in [0.1, 0.15) is 34.3 Å². The van der Waals surface area contributed by atoms with E-state index in [9.17, 15) is 19.8 Å². The molecular formula is C28H42O6. The summed E-state index contributed by atoms with van der Waals surface area (Å²) in [6.45, 7) is 2.51. The van der Waals surface area contributed by atoms with E-state index in [1.807, 2.05) is 0 Å². The molecule has 0 unspecified atom stereocenters. The second kappa shape index (κ2) is 16.2. The van der Waals surface area contributed by atoms with Crippen molar-refractivity contribution in [2.24, 2.45) is 0 Å². The molecule has 0 bridgehead atoms. The zero-order chi connectivity index (χ0) is 24.6. The van der Waals surface area contributed by atoms with Gasteiger partial charge >= 0.3 is 5.97 Å². The van der Waals surface area contributed by atoms with E-state index in [0.29, 0.717) is 0 Å². The van der Waals surface area contributed by atoms with E-state index in [1.54, 1.807) is 0 Å². The van der Waals surface area contributed by atoms with Crippen molar-refractivity contribution in [2.75, 3.05) is 6.61 Å². The molecule has 1 aromatic carbocycles. The fraction of sp³-hybridized carbons (Fsp3) is 0.643. The van der Waals surface area contributed by atoms with Gasteiger partial charge in [-0.2, -0.15) is 0 Å². The summed E-state index contributed by atoms with van der Waals surface area (Å²) in [5.41, 5.74) is -0.919. The Kier molecular flexibility index (Phi) is 13.2. The van der Waals surface area contributed by atoms with Crippen molar-refractivity contribution in [2.45, 2.75) is 110 Å². The smallest absolute Gasteiger partial charge is 0.345 e. The molecule has 2 N–H and O–H groups in total. The summed E-state index contributed by atoms with van der Waals surface area (Å²) in [6.07, 6.45) is 21.4. The van der Waals surface area contributed by atoms with Gasteiger partial charge in [0.25, 0.3) is 0 Å². The first-order valence-corrected chi connectivity index (χ1v) is 13.2. The summed E-state index contributed by atoms with van der Waals surface area (Å²) >= 11 is 0. The van der Waals surface area contributed by atoms with Crippen LogP contribution in [-0.4, -0.2) is 22.8 Å². The van der Waals surface area contributed by atoms with Crippen LogP contribution in [-0.2, 0) is 4.74 Å². The average molecular weight is 475 g/mol. The van der Waals surface area contributed by atoms with Gasteiger partial charge < -0.3 is 19.4 Å². The lowest BCUT2D eigenvalue weighted by Gasteiger charge is -2.06. The molecule has 0 saturated carbocycles. The van der Waals surface area contributed by atoms with Gasteiger partial charge in [-0.25, -0.2) is 4.79 Å². The fourth-order valence-corrected chi connectivity index (χ4v) is 4.25. The molecule has 0 aliphatic heterocycles. The Labute approximate surface area is 203 Å². The lowest BCUT2D eigenvalue weighted by molar-refractivity contribution is 0.0494. The number of rotatable bonds is 18. The van der Waals surface area contributed by atoms with E-state index in [0.717, 1.165) is 31.6 Å². The van der Waals surface area contributed by atoms with Crippen LogP contribution in [0.4, 0.5) is 0 Å². The number of ether oxygens (including phenoxy) is 1. The van der Waals surface area contributed by atoms with Crippen LogP contribution < -0.4 is 5.43 Å². The molecule has 2 rings (SSSR count). The zero-order valence-corrected chi connectivity index (χ0v) is 20.8. The van der Waals surface area contributed by atoms with Gasteiger partial charge in [-0.3, -0.25) is 4.79 Å². The molecule has 6 heteroatoms. The number of carbonyl (C=O) groups is 1. The molecule has 6 nitrogen and oxygen atoms in total. The Morgan fingerprint density at radius 3 is 1.82 bits per heavy atom. The Balaban J connectivity index is 1.49. The minimum absolute atomic E-state index is 0.0110. The van der Waals surface area contributed by atoms with Crippen molar-refractivity contribution in [3.63, 3.8) is 0 Å². The lowest BCUT2D eigenvalue weighted by Crippen LogP contribution is -2.17. The van der Waals surface area contributed by atoms with Gasteiger partial charge in [0.05, 0.1) is 6.61 Å². The van der Waals surface area contributed by atoms with Crippen molar-refractivity contribution in [3.8, 4) is 11.5 Å². The second-order valence-electron chi connectivity index (χ2n) is 9.26. The number of hydrogen-bond donors (Lipinski definition) is 2. The zero-order valence-electron chi connectivity index (χ0n) is 20.8. The Morgan fingerprint density at radius 1 is 0.794 bits per heavy atom. The van der Waals surface area contributed by atoms with E-state index in [-0.39, 0.29) is 28.9 Å². The molecule has 0 aliphatic carbocycles. The van der Waals surface area contributed by atoms with E-state index >= 15 is 0 Å². The second-order valence-corrected chi connectivity index (χ2v) is 9.26. The van der Waals surface area contributed by atoms with E-state index in [1.165, 1.54) is 89.5 Å². The molecule has 1 heterocycles. The van der Waals surface area contributed by atoms with E-state index in [2.05, 4.69) is 6.92 Å².